The van der Waals surface area contributed by atoms with Crippen molar-refractivity contribution in [3.8, 4) is 11.5 Å². The molecule has 2 atom stereocenters. The van der Waals surface area contributed by atoms with Gasteiger partial charge in [-0.2, -0.15) is 5.10 Å². The predicted octanol–water partition coefficient (Wildman–Crippen LogP) is 3.86. The summed E-state index contributed by atoms with van der Waals surface area (Å²) in [5.41, 5.74) is 1.00. The van der Waals surface area contributed by atoms with E-state index in [4.69, 9.17) is 4.74 Å². The van der Waals surface area contributed by atoms with E-state index >= 15 is 0 Å². The van der Waals surface area contributed by atoms with Crippen LogP contribution in [0.5, 0.6) is 11.5 Å². The van der Waals surface area contributed by atoms with Gasteiger partial charge in [0.2, 0.25) is 5.91 Å². The number of urea groups is 1. The Balaban J connectivity index is 1.37. The number of nitrogens with one attached hydrogen (secondary N) is 1. The molecule has 3 heterocycles. The maximum atomic E-state index is 13.0. The lowest BCUT2D eigenvalue weighted by Gasteiger charge is -2.34. The van der Waals surface area contributed by atoms with Gasteiger partial charge in [0.05, 0.1) is 23.4 Å². The first-order chi connectivity index (χ1) is 16.8. The molecule has 184 valence electrons. The van der Waals surface area contributed by atoms with Crippen molar-refractivity contribution in [1.29, 1.82) is 0 Å². The Morgan fingerprint density at radius 2 is 2.17 bits per heavy atom. The smallest absolute Gasteiger partial charge is 0.329 e. The number of pyridine rings is 2. The minimum Gasteiger partial charge on any atom is -0.456 e. The SMILES string of the molecule is C=NN(C)/C=C(\C)c1cc(Oc2ccc(NC(=O)N3CCC4(CCCC(O)C4)C3=O)nc2)ccn1. The average molecular weight is 479 g/mol. The molecule has 0 bridgehead atoms. The first-order valence-electron chi connectivity index (χ1n) is 11.6. The Morgan fingerprint density at radius 3 is 2.89 bits per heavy atom. The largest absolute Gasteiger partial charge is 0.456 e. The number of likely N-dealkylation sites (tertiary alicyclic amines) is 1. The molecule has 35 heavy (non-hydrogen) atoms. The Kier molecular flexibility index (Phi) is 7.11. The van der Waals surface area contributed by atoms with Crippen molar-refractivity contribution < 1.29 is 19.4 Å². The molecule has 1 saturated carbocycles. The number of carbonyl (C=O) groups is 2. The van der Waals surface area contributed by atoms with Crippen LogP contribution in [0.3, 0.4) is 0 Å². The van der Waals surface area contributed by atoms with Crippen LogP contribution in [0.2, 0.25) is 0 Å². The molecule has 2 aromatic heterocycles. The number of aromatic nitrogens is 2. The van der Waals surface area contributed by atoms with Gasteiger partial charge in [-0.25, -0.2) is 9.78 Å². The molecule has 2 unspecified atom stereocenters. The molecular weight excluding hydrogens is 448 g/mol. The Morgan fingerprint density at radius 1 is 1.34 bits per heavy atom. The molecule has 2 aliphatic rings. The van der Waals surface area contributed by atoms with Crippen LogP contribution in [-0.2, 0) is 4.79 Å². The van der Waals surface area contributed by atoms with Crippen LogP contribution in [0.1, 0.15) is 44.7 Å². The van der Waals surface area contributed by atoms with Gasteiger partial charge < -0.3 is 9.84 Å². The van der Waals surface area contributed by atoms with Gasteiger partial charge in [0.25, 0.3) is 0 Å². The number of aliphatic hydroxyl groups excluding tert-OH is 1. The van der Waals surface area contributed by atoms with E-state index in [-0.39, 0.29) is 5.91 Å². The summed E-state index contributed by atoms with van der Waals surface area (Å²) in [6.07, 6.45) is 7.70. The van der Waals surface area contributed by atoms with E-state index < -0.39 is 17.6 Å². The summed E-state index contributed by atoms with van der Waals surface area (Å²) in [6.45, 7) is 5.73. The molecule has 0 radical (unpaired) electrons. The van der Waals surface area contributed by atoms with E-state index in [1.807, 2.05) is 13.1 Å². The topological polar surface area (TPSA) is 120 Å². The fourth-order valence-corrected chi connectivity index (χ4v) is 4.67. The lowest BCUT2D eigenvalue weighted by atomic mass is 9.72. The van der Waals surface area contributed by atoms with Crippen molar-refractivity contribution in [1.82, 2.24) is 19.9 Å². The van der Waals surface area contributed by atoms with E-state index in [0.717, 1.165) is 17.7 Å². The highest BCUT2D eigenvalue weighted by atomic mass is 16.5. The third kappa shape index (κ3) is 5.48. The summed E-state index contributed by atoms with van der Waals surface area (Å²) in [5.74, 6) is 1.17. The third-order valence-electron chi connectivity index (χ3n) is 6.52. The number of nitrogens with zero attached hydrogens (tertiary/aromatic N) is 5. The second-order valence-electron chi connectivity index (χ2n) is 9.05. The number of hydrogen-bond acceptors (Lipinski definition) is 8. The zero-order chi connectivity index (χ0) is 25.0. The minimum absolute atomic E-state index is 0.207. The van der Waals surface area contributed by atoms with Gasteiger partial charge in [-0.05, 0) is 62.8 Å². The molecule has 10 nitrogen and oxygen atoms in total. The summed E-state index contributed by atoms with van der Waals surface area (Å²) >= 11 is 0. The first-order valence-corrected chi connectivity index (χ1v) is 11.6. The fourth-order valence-electron chi connectivity index (χ4n) is 4.67. The number of hydrazone groups is 1. The number of rotatable bonds is 6. The highest BCUT2D eigenvalue weighted by Gasteiger charge is 2.50. The van der Waals surface area contributed by atoms with Crippen LogP contribution in [0.15, 0.2) is 48.0 Å². The van der Waals surface area contributed by atoms with Crippen LogP contribution in [-0.4, -0.2) is 63.3 Å². The molecule has 1 aliphatic carbocycles. The highest BCUT2D eigenvalue weighted by molar-refractivity contribution is 6.04. The van der Waals surface area contributed by atoms with Crippen molar-refractivity contribution in [3.05, 3.63) is 48.6 Å². The maximum Gasteiger partial charge on any atom is 0.329 e. The van der Waals surface area contributed by atoms with Crippen LogP contribution in [0, 0.1) is 5.41 Å². The number of imide groups is 1. The monoisotopic (exact) mass is 478 g/mol. The zero-order valence-corrected chi connectivity index (χ0v) is 20.0. The van der Waals surface area contributed by atoms with Gasteiger partial charge in [-0.15, -0.1) is 0 Å². The van der Waals surface area contributed by atoms with Gasteiger partial charge >= 0.3 is 6.03 Å². The van der Waals surface area contributed by atoms with Crippen LogP contribution in [0.4, 0.5) is 10.6 Å². The minimum atomic E-state index is -0.616. The fraction of sp³-hybridized carbons (Fsp3) is 0.400. The normalized spacial score (nSPS) is 22.3. The molecule has 4 rings (SSSR count). The van der Waals surface area contributed by atoms with E-state index in [1.165, 1.54) is 11.1 Å². The second-order valence-corrected chi connectivity index (χ2v) is 9.05. The molecule has 10 heteroatoms. The Hall–Kier alpha value is -3.79. The molecular formula is C25H30N6O4. The van der Waals surface area contributed by atoms with Gasteiger partial charge in [0, 0.05) is 38.8 Å². The van der Waals surface area contributed by atoms with Crippen molar-refractivity contribution in [2.24, 2.45) is 10.5 Å². The van der Waals surface area contributed by atoms with Crippen LogP contribution in [0.25, 0.3) is 5.57 Å². The quantitative estimate of drug-likeness (QED) is 0.478. The summed E-state index contributed by atoms with van der Waals surface area (Å²) in [4.78, 5) is 35.5. The summed E-state index contributed by atoms with van der Waals surface area (Å²) in [5, 5.41) is 18.1. The molecule has 2 fully saturated rings. The molecule has 1 spiro atoms. The average Bonchev–Trinajstić information content (AvgIpc) is 3.15. The molecule has 1 aliphatic heterocycles. The highest BCUT2D eigenvalue weighted by Crippen LogP contribution is 2.45. The lowest BCUT2D eigenvalue weighted by Crippen LogP contribution is -2.43. The van der Waals surface area contributed by atoms with Gasteiger partial charge in [0.1, 0.15) is 17.3 Å². The van der Waals surface area contributed by atoms with E-state index in [0.29, 0.717) is 49.5 Å². The third-order valence-corrected chi connectivity index (χ3v) is 6.52. The number of aliphatic hydroxyl groups is 1. The molecule has 1 saturated heterocycles. The number of allylic oxidation sites excluding steroid dienone is 1. The molecule has 0 aromatic carbocycles. The van der Waals surface area contributed by atoms with Gasteiger partial charge in [0.15, 0.2) is 0 Å². The zero-order valence-electron chi connectivity index (χ0n) is 20.0. The lowest BCUT2D eigenvalue weighted by molar-refractivity contribution is -0.137. The predicted molar refractivity (Wildman–Crippen MR) is 132 cm³/mol. The summed E-state index contributed by atoms with van der Waals surface area (Å²) in [6, 6.07) is 6.33. The number of hydrogen-bond donors (Lipinski definition) is 2. The molecule has 2 N–H and O–H groups in total. The number of carbonyl (C=O) groups excluding carboxylic acids is 2. The van der Waals surface area contributed by atoms with Gasteiger partial charge in [-0.1, -0.05) is 0 Å². The van der Waals surface area contributed by atoms with Crippen molar-refractivity contribution in [2.45, 2.75) is 45.1 Å². The van der Waals surface area contributed by atoms with Crippen LogP contribution < -0.4 is 10.1 Å². The number of anilines is 1. The summed E-state index contributed by atoms with van der Waals surface area (Å²) in [7, 11) is 1.78. The standard InChI is InChI=1S/C25H30N6O4/c1-17(16-30(3)26-2)21-13-19(8-11-27-21)35-20-6-7-22(28-15-20)29-24(34)31-12-10-25(23(31)33)9-4-5-18(32)14-25/h6-8,11,13,15-16,18,32H,2,4-5,9-10,12,14H2,1,3H3,(H,28,29,34)/b17-16+. The Labute approximate surface area is 204 Å². The van der Waals surface area contributed by atoms with Gasteiger partial charge in [-0.3, -0.25) is 25.0 Å². The van der Waals surface area contributed by atoms with Crippen molar-refractivity contribution >= 4 is 30.0 Å². The van der Waals surface area contributed by atoms with Crippen molar-refractivity contribution in [2.75, 3.05) is 18.9 Å². The number of amides is 3. The second kappa shape index (κ2) is 10.2. The van der Waals surface area contributed by atoms with Crippen LogP contribution >= 0.6 is 0 Å². The van der Waals surface area contributed by atoms with E-state index in [9.17, 15) is 14.7 Å². The summed E-state index contributed by atoms with van der Waals surface area (Å²) < 4.78 is 5.88. The number of ether oxygens (including phenoxy) is 1. The van der Waals surface area contributed by atoms with E-state index in [2.05, 4.69) is 27.1 Å². The molecule has 2 aromatic rings. The van der Waals surface area contributed by atoms with Crippen molar-refractivity contribution in [3.63, 3.8) is 0 Å². The van der Waals surface area contributed by atoms with E-state index in [1.54, 1.807) is 42.5 Å². The first kappa shape index (κ1) is 24.3. The maximum absolute atomic E-state index is 13.0. The molecule has 3 amide bonds. The Bertz CT molecular complexity index is 1140.